The molecule has 1 unspecified atom stereocenters. The van der Waals surface area contributed by atoms with Crippen molar-refractivity contribution < 1.29 is 32.2 Å². The van der Waals surface area contributed by atoms with E-state index in [9.17, 15) is 18.0 Å². The Kier molecular flexibility index (Phi) is 6.33. The van der Waals surface area contributed by atoms with Gasteiger partial charge in [-0.25, -0.2) is 12.7 Å². The van der Waals surface area contributed by atoms with Crippen LogP contribution in [0.4, 0.5) is 11.4 Å². The molecule has 1 atom stereocenters. The summed E-state index contributed by atoms with van der Waals surface area (Å²) in [6.45, 7) is 1.54. The zero-order valence-electron chi connectivity index (χ0n) is 17.3. The van der Waals surface area contributed by atoms with E-state index in [4.69, 9.17) is 25.8 Å². The maximum atomic E-state index is 12.9. The van der Waals surface area contributed by atoms with Crippen LogP contribution in [0.5, 0.6) is 17.2 Å². The first-order chi connectivity index (χ1) is 14.6. The Balaban J connectivity index is 1.97. The number of halogens is 1. The smallest absolute Gasteiger partial charge is 0.257 e. The molecular formula is C20H21ClN2O7S. The average Bonchev–Trinajstić information content (AvgIpc) is 2.94. The van der Waals surface area contributed by atoms with Gasteiger partial charge in [0.05, 0.1) is 49.3 Å². The van der Waals surface area contributed by atoms with Gasteiger partial charge in [0, 0.05) is 17.8 Å². The van der Waals surface area contributed by atoms with Crippen LogP contribution in [0.3, 0.4) is 0 Å². The summed E-state index contributed by atoms with van der Waals surface area (Å²) < 4.78 is 41.3. The number of rotatable bonds is 6. The van der Waals surface area contributed by atoms with Gasteiger partial charge in [-0.15, -0.1) is 0 Å². The van der Waals surface area contributed by atoms with Gasteiger partial charge in [-0.05, 0) is 18.2 Å². The second kappa shape index (κ2) is 8.64. The molecule has 166 valence electrons. The number of amides is 2. The predicted molar refractivity (Wildman–Crippen MR) is 116 cm³/mol. The van der Waals surface area contributed by atoms with E-state index in [1.165, 1.54) is 58.6 Å². The van der Waals surface area contributed by atoms with Crippen molar-refractivity contribution in [3.8, 4) is 17.2 Å². The molecule has 2 aromatic rings. The van der Waals surface area contributed by atoms with Crippen LogP contribution in [0.15, 0.2) is 30.3 Å². The number of methoxy groups -OCH3 is 3. The molecule has 1 heterocycles. The molecular weight excluding hydrogens is 448 g/mol. The number of sulfonamides is 1. The zero-order chi connectivity index (χ0) is 22.9. The fourth-order valence-corrected chi connectivity index (χ4v) is 5.27. The van der Waals surface area contributed by atoms with Gasteiger partial charge < -0.3 is 19.5 Å². The molecule has 9 nitrogen and oxygen atoms in total. The number of nitrogens with one attached hydrogen (secondary N) is 1. The number of ether oxygens (including phenoxy) is 3. The molecule has 2 amide bonds. The first-order valence-corrected chi connectivity index (χ1v) is 11.1. The summed E-state index contributed by atoms with van der Waals surface area (Å²) in [6, 6.07) is 7.09. The summed E-state index contributed by atoms with van der Waals surface area (Å²) in [4.78, 5) is 25.3. The van der Waals surface area contributed by atoms with Crippen LogP contribution in [0.25, 0.3) is 0 Å². The lowest BCUT2D eigenvalue weighted by Crippen LogP contribution is -2.30. The molecule has 0 aliphatic carbocycles. The molecule has 31 heavy (non-hydrogen) atoms. The Labute approximate surface area is 184 Å². The van der Waals surface area contributed by atoms with Crippen LogP contribution in [0.2, 0.25) is 5.02 Å². The van der Waals surface area contributed by atoms with E-state index in [1.807, 2.05) is 0 Å². The van der Waals surface area contributed by atoms with Crippen LogP contribution in [0.1, 0.15) is 17.3 Å². The number of carbonyl (C=O) groups excluding carboxylic acids is 2. The first kappa shape index (κ1) is 22.7. The van der Waals surface area contributed by atoms with Gasteiger partial charge >= 0.3 is 0 Å². The van der Waals surface area contributed by atoms with Gasteiger partial charge in [-0.3, -0.25) is 9.59 Å². The maximum absolute atomic E-state index is 12.9. The Bertz CT molecular complexity index is 1130. The fraction of sp³-hybridized carbons (Fsp3) is 0.300. The number of hydrogen-bond acceptors (Lipinski definition) is 7. The van der Waals surface area contributed by atoms with E-state index in [2.05, 4.69) is 5.32 Å². The summed E-state index contributed by atoms with van der Waals surface area (Å²) in [5.41, 5.74) is 0.378. The van der Waals surface area contributed by atoms with E-state index in [1.54, 1.807) is 0 Å². The van der Waals surface area contributed by atoms with Gasteiger partial charge in [0.2, 0.25) is 21.7 Å². The van der Waals surface area contributed by atoms with Gasteiger partial charge in [0.25, 0.3) is 5.91 Å². The summed E-state index contributed by atoms with van der Waals surface area (Å²) in [5, 5.41) is 2.76. The third kappa shape index (κ3) is 4.26. The van der Waals surface area contributed by atoms with E-state index in [0.29, 0.717) is 27.2 Å². The molecule has 1 N–H and O–H groups in total. The first-order valence-electron chi connectivity index (χ1n) is 9.10. The highest BCUT2D eigenvalue weighted by Crippen LogP contribution is 2.40. The molecule has 3 rings (SSSR count). The van der Waals surface area contributed by atoms with Crippen LogP contribution >= 0.6 is 11.6 Å². The second-order valence-corrected chi connectivity index (χ2v) is 9.08. The standard InChI is InChI=1S/C20H21ClN2O7S/c1-11-10-31(26,27)23(20(11)25)13-5-6-15(21)14(9-13)19(24)22-12-7-16(28-2)18(30-4)17(8-12)29-3/h5-9,11H,10H2,1-4H3,(H,22,24). The van der Waals surface area contributed by atoms with Gasteiger partial charge in [0.1, 0.15) is 0 Å². The minimum Gasteiger partial charge on any atom is -0.493 e. The number of nitrogens with zero attached hydrogens (tertiary/aromatic N) is 1. The molecule has 0 bridgehead atoms. The van der Waals surface area contributed by atoms with Gasteiger partial charge in [-0.2, -0.15) is 0 Å². The summed E-state index contributed by atoms with van der Waals surface area (Å²) in [6.07, 6.45) is 0. The molecule has 0 aromatic heterocycles. The lowest BCUT2D eigenvalue weighted by molar-refractivity contribution is -0.119. The predicted octanol–water partition coefficient (Wildman–Crippen LogP) is 2.93. The molecule has 1 saturated heterocycles. The average molecular weight is 469 g/mol. The monoisotopic (exact) mass is 468 g/mol. The molecule has 0 saturated carbocycles. The number of anilines is 2. The third-order valence-corrected chi connectivity index (χ3v) is 6.91. The normalized spacial score (nSPS) is 17.4. The second-order valence-electron chi connectivity index (χ2n) is 6.81. The van der Waals surface area contributed by atoms with E-state index >= 15 is 0 Å². The Morgan fingerprint density at radius 1 is 1.10 bits per heavy atom. The molecule has 11 heteroatoms. The minimum atomic E-state index is -3.82. The molecule has 1 aliphatic rings. The van der Waals surface area contributed by atoms with Gasteiger partial charge in [-0.1, -0.05) is 18.5 Å². The van der Waals surface area contributed by atoms with E-state index in [-0.39, 0.29) is 22.0 Å². The summed E-state index contributed by atoms with van der Waals surface area (Å²) in [7, 11) is 0.525. The van der Waals surface area contributed by atoms with Crippen molar-refractivity contribution in [2.24, 2.45) is 5.92 Å². The Hall–Kier alpha value is -2.98. The quantitative estimate of drug-likeness (QED) is 0.693. The van der Waals surface area contributed by atoms with Crippen molar-refractivity contribution >= 4 is 44.8 Å². The number of carbonyl (C=O) groups is 2. The third-order valence-electron chi connectivity index (χ3n) is 4.71. The molecule has 0 radical (unpaired) electrons. The molecule has 1 aliphatic heterocycles. The van der Waals surface area contributed by atoms with Crippen LogP contribution in [-0.2, 0) is 14.8 Å². The fourth-order valence-electron chi connectivity index (χ4n) is 3.25. The Morgan fingerprint density at radius 3 is 2.19 bits per heavy atom. The molecule has 2 aromatic carbocycles. The lowest BCUT2D eigenvalue weighted by Gasteiger charge is -2.17. The van der Waals surface area contributed by atoms with Crippen molar-refractivity contribution in [1.82, 2.24) is 0 Å². The van der Waals surface area contributed by atoms with Crippen molar-refractivity contribution in [3.05, 3.63) is 40.9 Å². The Morgan fingerprint density at radius 2 is 1.71 bits per heavy atom. The highest BCUT2D eigenvalue weighted by molar-refractivity contribution is 7.94. The molecule has 0 spiro atoms. The lowest BCUT2D eigenvalue weighted by atomic mass is 10.1. The highest BCUT2D eigenvalue weighted by atomic mass is 35.5. The highest BCUT2D eigenvalue weighted by Gasteiger charge is 2.42. The van der Waals surface area contributed by atoms with Crippen LogP contribution < -0.4 is 23.8 Å². The van der Waals surface area contributed by atoms with Gasteiger partial charge in [0.15, 0.2) is 11.5 Å². The van der Waals surface area contributed by atoms with E-state index < -0.39 is 27.8 Å². The van der Waals surface area contributed by atoms with Crippen molar-refractivity contribution in [2.75, 3.05) is 36.7 Å². The SMILES string of the molecule is COc1cc(NC(=O)c2cc(N3C(=O)C(C)CS3(=O)=O)ccc2Cl)cc(OC)c1OC. The number of benzene rings is 2. The van der Waals surface area contributed by atoms with Crippen molar-refractivity contribution in [2.45, 2.75) is 6.92 Å². The summed E-state index contributed by atoms with van der Waals surface area (Å²) in [5.74, 6) is -1.11. The number of hydrogen-bond donors (Lipinski definition) is 1. The summed E-state index contributed by atoms with van der Waals surface area (Å²) >= 11 is 6.18. The van der Waals surface area contributed by atoms with Crippen LogP contribution in [-0.4, -0.2) is 47.3 Å². The molecule has 1 fully saturated rings. The zero-order valence-corrected chi connectivity index (χ0v) is 18.8. The largest absolute Gasteiger partial charge is 0.493 e. The topological polar surface area (TPSA) is 111 Å². The van der Waals surface area contributed by atoms with Crippen LogP contribution in [0, 0.1) is 5.92 Å². The minimum absolute atomic E-state index is 0.00419. The van der Waals surface area contributed by atoms with E-state index in [0.717, 1.165) is 0 Å². The van der Waals surface area contributed by atoms with Crippen molar-refractivity contribution in [3.63, 3.8) is 0 Å². The van der Waals surface area contributed by atoms with Crippen molar-refractivity contribution in [1.29, 1.82) is 0 Å². The maximum Gasteiger partial charge on any atom is 0.257 e.